The quantitative estimate of drug-likeness (QED) is 0.620. The first kappa shape index (κ1) is 18.4. The van der Waals surface area contributed by atoms with Crippen LogP contribution in [0.2, 0.25) is 5.02 Å². The number of amides is 1. The zero-order valence-electron chi connectivity index (χ0n) is 15.6. The van der Waals surface area contributed by atoms with Gasteiger partial charge in [-0.25, -0.2) is 9.97 Å². The van der Waals surface area contributed by atoms with Gasteiger partial charge >= 0.3 is 0 Å². The summed E-state index contributed by atoms with van der Waals surface area (Å²) in [6.45, 7) is 3.80. The van der Waals surface area contributed by atoms with Crippen LogP contribution < -0.4 is 14.4 Å². The van der Waals surface area contributed by atoms with Crippen LogP contribution >= 0.6 is 22.9 Å². The average molecular weight is 431 g/mol. The van der Waals surface area contributed by atoms with Crippen LogP contribution in [0.5, 0.6) is 11.5 Å². The topological polar surface area (TPSA) is 67.8 Å². The summed E-state index contributed by atoms with van der Waals surface area (Å²) in [6, 6.07) is 7.27. The van der Waals surface area contributed by atoms with Gasteiger partial charge in [-0.1, -0.05) is 22.9 Å². The van der Waals surface area contributed by atoms with Crippen LogP contribution in [-0.4, -0.2) is 60.2 Å². The van der Waals surface area contributed by atoms with E-state index in [0.717, 1.165) is 35.0 Å². The highest BCUT2D eigenvalue weighted by Crippen LogP contribution is 2.38. The Bertz CT molecular complexity index is 1030. The molecule has 0 aliphatic carbocycles. The van der Waals surface area contributed by atoms with E-state index in [-0.39, 0.29) is 5.91 Å². The van der Waals surface area contributed by atoms with Crippen molar-refractivity contribution in [2.45, 2.75) is 6.42 Å². The third-order valence-corrected chi connectivity index (χ3v) is 6.36. The fraction of sp³-hybridized carbons (Fsp3) is 0.350. The second kappa shape index (κ2) is 7.68. The van der Waals surface area contributed by atoms with Crippen LogP contribution in [0, 0.1) is 0 Å². The van der Waals surface area contributed by atoms with Gasteiger partial charge in [0.2, 0.25) is 0 Å². The molecule has 5 rings (SSSR count). The monoisotopic (exact) mass is 430 g/mol. The van der Waals surface area contributed by atoms with E-state index in [1.54, 1.807) is 29.7 Å². The van der Waals surface area contributed by atoms with E-state index in [9.17, 15) is 4.79 Å². The first-order valence-corrected chi connectivity index (χ1v) is 10.7. The Morgan fingerprint density at radius 2 is 1.97 bits per heavy atom. The van der Waals surface area contributed by atoms with Gasteiger partial charge in [-0.3, -0.25) is 4.79 Å². The molecule has 0 saturated carbocycles. The molecule has 1 amide bonds. The molecule has 2 aliphatic heterocycles. The number of anilines is 1. The molecule has 0 radical (unpaired) electrons. The minimum Gasteiger partial charge on any atom is -0.489 e. The maximum atomic E-state index is 13.0. The van der Waals surface area contributed by atoms with Gasteiger partial charge < -0.3 is 19.3 Å². The van der Waals surface area contributed by atoms with Gasteiger partial charge in [0.1, 0.15) is 10.3 Å². The highest BCUT2D eigenvalue weighted by molar-refractivity contribution is 7.21. The number of carbonyl (C=O) groups is 1. The number of hydrogen-bond donors (Lipinski definition) is 0. The third kappa shape index (κ3) is 3.58. The predicted octanol–water partition coefficient (Wildman–Crippen LogP) is 3.47. The molecule has 2 aromatic heterocycles. The molecule has 4 heterocycles. The smallest absolute Gasteiger partial charge is 0.254 e. The van der Waals surface area contributed by atoms with Crippen molar-refractivity contribution in [2.75, 3.05) is 44.3 Å². The van der Waals surface area contributed by atoms with Gasteiger partial charge in [-0.2, -0.15) is 0 Å². The van der Waals surface area contributed by atoms with Crippen molar-refractivity contribution in [3.63, 3.8) is 0 Å². The lowest BCUT2D eigenvalue weighted by Crippen LogP contribution is -2.48. The molecule has 0 atom stereocenters. The van der Waals surface area contributed by atoms with E-state index in [1.807, 2.05) is 17.0 Å². The number of benzene rings is 1. The summed E-state index contributed by atoms with van der Waals surface area (Å²) >= 11 is 7.93. The standard InChI is InChI=1S/C20H19ClN4O3S/c21-14-11-13(12-16-17(14)28-10-2-9-27-16)19(26)24-5-7-25(8-6-24)20-23-15-3-1-4-22-18(15)29-20/h1,3-4,11-12H,2,5-10H2. The van der Waals surface area contributed by atoms with Crippen LogP contribution in [-0.2, 0) is 0 Å². The second-order valence-corrected chi connectivity index (χ2v) is 8.30. The summed E-state index contributed by atoms with van der Waals surface area (Å²) in [5, 5.41) is 1.36. The molecule has 0 unspecified atom stereocenters. The number of piperazine rings is 1. The molecule has 0 N–H and O–H groups in total. The zero-order chi connectivity index (χ0) is 19.8. The minimum atomic E-state index is -0.0480. The van der Waals surface area contributed by atoms with E-state index >= 15 is 0 Å². The number of thiazole rings is 1. The van der Waals surface area contributed by atoms with E-state index in [4.69, 9.17) is 21.1 Å². The Balaban J connectivity index is 1.30. The van der Waals surface area contributed by atoms with Crippen molar-refractivity contribution >= 4 is 44.3 Å². The highest BCUT2D eigenvalue weighted by atomic mass is 35.5. The van der Waals surface area contributed by atoms with Gasteiger partial charge in [-0.05, 0) is 24.3 Å². The van der Waals surface area contributed by atoms with E-state index < -0.39 is 0 Å². The molecule has 1 aromatic carbocycles. The normalized spacial score (nSPS) is 16.7. The number of nitrogens with zero attached hydrogens (tertiary/aromatic N) is 4. The van der Waals surface area contributed by atoms with Gasteiger partial charge in [0, 0.05) is 44.4 Å². The van der Waals surface area contributed by atoms with E-state index in [0.29, 0.717) is 48.4 Å². The molecule has 2 aliphatic rings. The van der Waals surface area contributed by atoms with Crippen molar-refractivity contribution in [3.05, 3.63) is 41.0 Å². The number of carbonyl (C=O) groups excluding carboxylic acids is 1. The van der Waals surface area contributed by atoms with Crippen molar-refractivity contribution in [1.29, 1.82) is 0 Å². The Hall–Kier alpha value is -2.58. The van der Waals surface area contributed by atoms with Gasteiger partial charge in [0.25, 0.3) is 5.91 Å². The number of halogens is 1. The predicted molar refractivity (Wildman–Crippen MR) is 113 cm³/mol. The summed E-state index contributed by atoms with van der Waals surface area (Å²) in [4.78, 5) is 27.0. The fourth-order valence-electron chi connectivity index (χ4n) is 3.53. The van der Waals surface area contributed by atoms with E-state index in [2.05, 4.69) is 14.9 Å². The number of fused-ring (bicyclic) bond motifs is 2. The van der Waals surface area contributed by atoms with Crippen molar-refractivity contribution in [1.82, 2.24) is 14.9 Å². The Morgan fingerprint density at radius 1 is 1.14 bits per heavy atom. The lowest BCUT2D eigenvalue weighted by Gasteiger charge is -2.34. The number of pyridine rings is 1. The van der Waals surface area contributed by atoms with Gasteiger partial charge in [-0.15, -0.1) is 0 Å². The highest BCUT2D eigenvalue weighted by Gasteiger charge is 2.26. The Kier molecular flexibility index (Phi) is 4.89. The van der Waals surface area contributed by atoms with E-state index in [1.165, 1.54) is 0 Å². The number of hydrogen-bond acceptors (Lipinski definition) is 7. The van der Waals surface area contributed by atoms with Gasteiger partial charge in [0.15, 0.2) is 16.6 Å². The number of rotatable bonds is 2. The molecule has 3 aromatic rings. The molecule has 150 valence electrons. The molecule has 1 fully saturated rings. The first-order valence-electron chi connectivity index (χ1n) is 9.54. The van der Waals surface area contributed by atoms with Gasteiger partial charge in [0.05, 0.1) is 18.2 Å². The molecular formula is C20H19ClN4O3S. The third-order valence-electron chi connectivity index (χ3n) is 5.04. The lowest BCUT2D eigenvalue weighted by atomic mass is 10.1. The molecular weight excluding hydrogens is 412 g/mol. The largest absolute Gasteiger partial charge is 0.489 e. The molecule has 0 bridgehead atoms. The fourth-order valence-corrected chi connectivity index (χ4v) is 4.76. The SMILES string of the molecule is O=C(c1cc(Cl)c2c(c1)OCCCO2)N1CCN(c2nc3cccnc3s2)CC1. The van der Waals surface area contributed by atoms with Crippen LogP contribution in [0.15, 0.2) is 30.5 Å². The average Bonchev–Trinajstić information content (AvgIpc) is 3.04. The molecule has 29 heavy (non-hydrogen) atoms. The van der Waals surface area contributed by atoms with Crippen molar-refractivity contribution in [2.24, 2.45) is 0 Å². The molecule has 7 nitrogen and oxygen atoms in total. The molecule has 9 heteroatoms. The minimum absolute atomic E-state index is 0.0480. The summed E-state index contributed by atoms with van der Waals surface area (Å²) < 4.78 is 11.4. The maximum Gasteiger partial charge on any atom is 0.254 e. The summed E-state index contributed by atoms with van der Waals surface area (Å²) in [7, 11) is 0. The summed E-state index contributed by atoms with van der Waals surface area (Å²) in [5.41, 5.74) is 1.43. The van der Waals surface area contributed by atoms with Crippen molar-refractivity contribution in [3.8, 4) is 11.5 Å². The zero-order valence-corrected chi connectivity index (χ0v) is 17.2. The van der Waals surface area contributed by atoms with Crippen LogP contribution in [0.3, 0.4) is 0 Å². The Morgan fingerprint density at radius 3 is 2.79 bits per heavy atom. The van der Waals surface area contributed by atoms with Crippen LogP contribution in [0.1, 0.15) is 16.8 Å². The maximum absolute atomic E-state index is 13.0. The number of aromatic nitrogens is 2. The van der Waals surface area contributed by atoms with Crippen molar-refractivity contribution < 1.29 is 14.3 Å². The summed E-state index contributed by atoms with van der Waals surface area (Å²) in [5.74, 6) is 1.02. The second-order valence-electron chi connectivity index (χ2n) is 6.94. The lowest BCUT2D eigenvalue weighted by molar-refractivity contribution is 0.0746. The molecule has 0 spiro atoms. The first-order chi connectivity index (χ1) is 14.2. The summed E-state index contributed by atoms with van der Waals surface area (Å²) in [6.07, 6.45) is 2.57. The van der Waals surface area contributed by atoms with Crippen LogP contribution in [0.4, 0.5) is 5.13 Å². The Labute approximate surface area is 176 Å². The molecule has 1 saturated heterocycles. The van der Waals surface area contributed by atoms with Crippen LogP contribution in [0.25, 0.3) is 10.3 Å². The number of ether oxygens (including phenoxy) is 2.